The summed E-state index contributed by atoms with van der Waals surface area (Å²) >= 11 is 8.98. The largest absolute Gasteiger partial charge is 0.497 e. The van der Waals surface area contributed by atoms with Gasteiger partial charge in [0.1, 0.15) is 10.6 Å². The third kappa shape index (κ3) is 2.96. The van der Waals surface area contributed by atoms with Gasteiger partial charge in [0.2, 0.25) is 0 Å². The van der Waals surface area contributed by atoms with E-state index in [0.717, 1.165) is 40.9 Å². The summed E-state index contributed by atoms with van der Waals surface area (Å²) in [5.74, 6) is 0.755. The highest BCUT2D eigenvalue weighted by molar-refractivity contribution is 8.00. The predicted octanol–water partition coefficient (Wildman–Crippen LogP) is 4.62. The summed E-state index contributed by atoms with van der Waals surface area (Å²) < 4.78 is 6.89. The first-order chi connectivity index (χ1) is 12.2. The van der Waals surface area contributed by atoms with Crippen molar-refractivity contribution in [3.63, 3.8) is 0 Å². The van der Waals surface area contributed by atoms with Gasteiger partial charge >= 0.3 is 0 Å². The van der Waals surface area contributed by atoms with Gasteiger partial charge in [0.15, 0.2) is 5.16 Å². The Kier molecular flexibility index (Phi) is 4.75. The van der Waals surface area contributed by atoms with Gasteiger partial charge in [-0.25, -0.2) is 4.98 Å². The van der Waals surface area contributed by atoms with Crippen LogP contribution in [0.3, 0.4) is 0 Å². The Bertz CT molecular complexity index is 979. The van der Waals surface area contributed by atoms with Crippen molar-refractivity contribution in [2.24, 2.45) is 0 Å². The van der Waals surface area contributed by atoms with E-state index < -0.39 is 0 Å². The zero-order valence-electron chi connectivity index (χ0n) is 13.8. The van der Waals surface area contributed by atoms with Crippen LogP contribution in [-0.2, 0) is 12.8 Å². The number of nitrogens with zero attached hydrogens (tertiary/aromatic N) is 2. The third-order valence-corrected chi connectivity index (χ3v) is 6.63. The highest BCUT2D eigenvalue weighted by Crippen LogP contribution is 2.35. The summed E-state index contributed by atoms with van der Waals surface area (Å²) in [6.07, 6.45) is 4.35. The van der Waals surface area contributed by atoms with Gasteiger partial charge in [-0.15, -0.1) is 22.9 Å². The number of benzene rings is 1. The van der Waals surface area contributed by atoms with Crippen molar-refractivity contribution in [3.05, 3.63) is 45.1 Å². The summed E-state index contributed by atoms with van der Waals surface area (Å²) in [4.78, 5) is 20.3. The zero-order chi connectivity index (χ0) is 17.4. The predicted molar refractivity (Wildman–Crippen MR) is 105 cm³/mol. The van der Waals surface area contributed by atoms with Crippen LogP contribution in [0.1, 0.15) is 23.3 Å². The van der Waals surface area contributed by atoms with Gasteiger partial charge in [-0.05, 0) is 55.5 Å². The van der Waals surface area contributed by atoms with Crippen LogP contribution >= 0.6 is 34.7 Å². The number of alkyl halides is 1. The minimum atomic E-state index is 0.00202. The standard InChI is InChI=1S/C18H17ClN2O2S2/c1-23-12-8-6-11(7-9-12)21-17(22)15-13-4-2-3-5-14(13)25-16(15)20-18(21)24-10-19/h6-9H,2-5,10H2,1H3. The van der Waals surface area contributed by atoms with E-state index in [0.29, 0.717) is 10.4 Å². The molecule has 0 atom stereocenters. The molecule has 2 heterocycles. The molecule has 0 bridgehead atoms. The maximum atomic E-state index is 13.4. The van der Waals surface area contributed by atoms with Gasteiger partial charge in [-0.2, -0.15) is 0 Å². The van der Waals surface area contributed by atoms with Crippen molar-refractivity contribution in [1.29, 1.82) is 0 Å². The van der Waals surface area contributed by atoms with Crippen LogP contribution < -0.4 is 10.3 Å². The van der Waals surface area contributed by atoms with E-state index in [2.05, 4.69) is 0 Å². The number of fused-ring (bicyclic) bond motifs is 3. The lowest BCUT2D eigenvalue weighted by Gasteiger charge is -2.13. The van der Waals surface area contributed by atoms with Crippen molar-refractivity contribution in [2.45, 2.75) is 30.8 Å². The number of rotatable bonds is 4. The van der Waals surface area contributed by atoms with E-state index in [-0.39, 0.29) is 5.56 Å². The molecule has 1 aliphatic rings. The molecule has 0 aliphatic heterocycles. The Balaban J connectivity index is 1.98. The third-order valence-electron chi connectivity index (χ3n) is 4.47. The van der Waals surface area contributed by atoms with Crippen molar-refractivity contribution in [3.8, 4) is 11.4 Å². The number of halogens is 1. The Morgan fingerprint density at radius 2 is 2.04 bits per heavy atom. The zero-order valence-corrected chi connectivity index (χ0v) is 16.1. The van der Waals surface area contributed by atoms with Gasteiger partial charge in [-0.3, -0.25) is 9.36 Å². The second kappa shape index (κ2) is 7.02. The molecule has 0 saturated carbocycles. The normalized spacial score (nSPS) is 13.8. The number of hydrogen-bond acceptors (Lipinski definition) is 5. The topological polar surface area (TPSA) is 44.1 Å². The van der Waals surface area contributed by atoms with Gasteiger partial charge in [0.05, 0.1) is 23.4 Å². The maximum Gasteiger partial charge on any atom is 0.267 e. The molecular formula is C18H17ClN2O2S2. The molecule has 0 unspecified atom stereocenters. The Morgan fingerprint density at radius 1 is 1.28 bits per heavy atom. The highest BCUT2D eigenvalue weighted by Gasteiger charge is 2.22. The maximum absolute atomic E-state index is 13.4. The lowest BCUT2D eigenvalue weighted by Crippen LogP contribution is -2.22. The molecule has 0 N–H and O–H groups in total. The second-order valence-corrected chi connectivity index (χ2v) is 8.49. The summed E-state index contributed by atoms with van der Waals surface area (Å²) in [5, 5.41) is 1.77. The monoisotopic (exact) mass is 392 g/mol. The summed E-state index contributed by atoms with van der Waals surface area (Å²) in [6.45, 7) is 0. The summed E-state index contributed by atoms with van der Waals surface area (Å²) in [5.41, 5.74) is 1.99. The van der Waals surface area contributed by atoms with E-state index in [1.165, 1.54) is 28.6 Å². The molecule has 7 heteroatoms. The number of aryl methyl sites for hydroxylation is 2. The first-order valence-electron chi connectivity index (χ1n) is 8.13. The molecular weight excluding hydrogens is 376 g/mol. The Labute approximate surface area is 158 Å². The van der Waals surface area contributed by atoms with Crippen molar-refractivity contribution in [1.82, 2.24) is 9.55 Å². The molecule has 25 heavy (non-hydrogen) atoms. The van der Waals surface area contributed by atoms with Crippen LogP contribution in [0.4, 0.5) is 0 Å². The molecule has 0 radical (unpaired) electrons. The summed E-state index contributed by atoms with van der Waals surface area (Å²) in [6, 6.07) is 7.46. The molecule has 1 aromatic carbocycles. The number of thioether (sulfide) groups is 1. The van der Waals surface area contributed by atoms with E-state index in [1.807, 2.05) is 24.3 Å². The van der Waals surface area contributed by atoms with Crippen molar-refractivity contribution < 1.29 is 4.74 Å². The number of aromatic nitrogens is 2. The highest BCUT2D eigenvalue weighted by atomic mass is 35.5. The SMILES string of the molecule is COc1ccc(-n2c(SCCl)nc3sc4c(c3c2=O)CCCC4)cc1. The smallest absolute Gasteiger partial charge is 0.267 e. The number of hydrogen-bond donors (Lipinski definition) is 0. The molecule has 4 nitrogen and oxygen atoms in total. The van der Waals surface area contributed by atoms with E-state index in [9.17, 15) is 4.79 Å². The molecule has 130 valence electrons. The molecule has 3 aromatic rings. The van der Waals surface area contributed by atoms with Crippen molar-refractivity contribution in [2.75, 3.05) is 12.3 Å². The van der Waals surface area contributed by atoms with Crippen molar-refractivity contribution >= 4 is 44.9 Å². The number of thiophene rings is 1. The van der Waals surface area contributed by atoms with E-state index in [1.54, 1.807) is 23.0 Å². The van der Waals surface area contributed by atoms with Crippen LogP contribution in [0.25, 0.3) is 15.9 Å². The molecule has 2 aromatic heterocycles. The molecule has 0 fully saturated rings. The number of ether oxygens (including phenoxy) is 1. The van der Waals surface area contributed by atoms with Gasteiger partial charge in [0, 0.05) is 4.88 Å². The fraction of sp³-hybridized carbons (Fsp3) is 0.333. The average Bonchev–Trinajstić information content (AvgIpc) is 3.01. The van der Waals surface area contributed by atoms with Gasteiger partial charge < -0.3 is 4.74 Å². The fourth-order valence-corrected chi connectivity index (χ4v) is 5.46. The minimum Gasteiger partial charge on any atom is -0.497 e. The first kappa shape index (κ1) is 16.9. The molecule has 0 amide bonds. The molecule has 0 saturated heterocycles. The van der Waals surface area contributed by atoms with Crippen LogP contribution in [0, 0.1) is 0 Å². The lowest BCUT2D eigenvalue weighted by molar-refractivity contribution is 0.414. The van der Waals surface area contributed by atoms with Crippen LogP contribution in [0.2, 0.25) is 0 Å². The van der Waals surface area contributed by atoms with E-state index >= 15 is 0 Å². The Hall–Kier alpha value is -1.50. The van der Waals surface area contributed by atoms with E-state index in [4.69, 9.17) is 21.3 Å². The fourth-order valence-electron chi connectivity index (χ4n) is 3.29. The summed E-state index contributed by atoms with van der Waals surface area (Å²) in [7, 11) is 1.63. The van der Waals surface area contributed by atoms with Crippen LogP contribution in [0.15, 0.2) is 34.2 Å². The molecule has 4 rings (SSSR count). The number of methoxy groups -OCH3 is 1. The lowest BCUT2D eigenvalue weighted by atomic mass is 9.97. The van der Waals surface area contributed by atoms with Gasteiger partial charge in [0.25, 0.3) is 5.56 Å². The molecule has 1 aliphatic carbocycles. The first-order valence-corrected chi connectivity index (χ1v) is 10.5. The van der Waals surface area contributed by atoms with Crippen LogP contribution in [-0.4, -0.2) is 21.9 Å². The average molecular weight is 393 g/mol. The quantitative estimate of drug-likeness (QED) is 0.369. The molecule has 0 spiro atoms. The minimum absolute atomic E-state index is 0.00202. The second-order valence-electron chi connectivity index (χ2n) is 5.88. The Morgan fingerprint density at radius 3 is 2.76 bits per heavy atom. The van der Waals surface area contributed by atoms with Gasteiger partial charge in [-0.1, -0.05) is 11.8 Å². The van der Waals surface area contributed by atoms with Crippen LogP contribution in [0.5, 0.6) is 5.75 Å².